The van der Waals surface area contributed by atoms with E-state index >= 15 is 0 Å². The van der Waals surface area contributed by atoms with Crippen molar-refractivity contribution in [3.05, 3.63) is 41.7 Å². The van der Waals surface area contributed by atoms with Gasteiger partial charge in [-0.25, -0.2) is 15.3 Å². The molecule has 3 rings (SSSR count). The minimum Gasteiger partial charge on any atom is -0.495 e. The summed E-state index contributed by atoms with van der Waals surface area (Å²) in [6.45, 7) is 7.28. The molecule has 0 saturated carbocycles. The number of hydrogen-bond acceptors (Lipinski definition) is 4. The number of nitrogens with one attached hydrogen (secondary N) is 1. The molecule has 132 valence electrons. The molecule has 0 atom stereocenters. The number of hydrogen-bond donors (Lipinski definition) is 2. The molecular weight excluding hydrogens is 316 g/mol. The molecule has 25 heavy (non-hydrogen) atoms. The van der Waals surface area contributed by atoms with Crippen LogP contribution in [0, 0.1) is 13.8 Å². The van der Waals surface area contributed by atoms with E-state index in [-0.39, 0.29) is 0 Å². The highest BCUT2D eigenvalue weighted by atomic mass is 16.5. The average Bonchev–Trinajstić information content (AvgIpc) is 2.61. The number of guanidine groups is 1. The molecule has 0 bridgehead atoms. The fourth-order valence-electron chi connectivity index (χ4n) is 3.05. The van der Waals surface area contributed by atoms with Crippen molar-refractivity contribution in [2.45, 2.75) is 13.8 Å². The van der Waals surface area contributed by atoms with Crippen LogP contribution in [0.25, 0.3) is 0 Å². The van der Waals surface area contributed by atoms with Gasteiger partial charge in [-0.2, -0.15) is 0 Å². The lowest BCUT2D eigenvalue weighted by Crippen LogP contribution is -2.47. The first-order valence-electron chi connectivity index (χ1n) is 8.41. The van der Waals surface area contributed by atoms with Gasteiger partial charge in [0.2, 0.25) is 0 Å². The van der Waals surface area contributed by atoms with Gasteiger partial charge in [0.25, 0.3) is 5.95 Å². The Balaban J connectivity index is 1.69. The predicted molar refractivity (Wildman–Crippen MR) is 99.5 cm³/mol. The Morgan fingerprint density at radius 3 is 2.44 bits per heavy atom. The Kier molecular flexibility index (Phi) is 5.02. The summed E-state index contributed by atoms with van der Waals surface area (Å²) in [5, 5.41) is 3.13. The van der Waals surface area contributed by atoms with Crippen LogP contribution in [0.4, 0.5) is 11.6 Å². The molecule has 7 nitrogen and oxygen atoms in total. The van der Waals surface area contributed by atoms with Crippen LogP contribution in [0.3, 0.4) is 0 Å². The van der Waals surface area contributed by atoms with Gasteiger partial charge >= 0.3 is 5.96 Å². The molecule has 0 unspecified atom stereocenters. The first-order valence-corrected chi connectivity index (χ1v) is 8.41. The van der Waals surface area contributed by atoms with Gasteiger partial charge in [-0.3, -0.25) is 10.3 Å². The minimum atomic E-state index is 0.544. The first-order chi connectivity index (χ1) is 12.1. The second-order valence-corrected chi connectivity index (χ2v) is 6.13. The molecule has 1 aliphatic rings. The Morgan fingerprint density at radius 2 is 1.80 bits per heavy atom. The second-order valence-electron chi connectivity index (χ2n) is 6.13. The topological polar surface area (TPSA) is 79.3 Å². The summed E-state index contributed by atoms with van der Waals surface area (Å²) in [5.74, 6) is 2.03. The van der Waals surface area contributed by atoms with Crippen molar-refractivity contribution in [2.75, 3.05) is 43.5 Å². The summed E-state index contributed by atoms with van der Waals surface area (Å²) in [7, 11) is 1.70. The Bertz CT molecular complexity index is 759. The van der Waals surface area contributed by atoms with Crippen LogP contribution in [0.5, 0.6) is 5.75 Å². The minimum absolute atomic E-state index is 0.544. The van der Waals surface area contributed by atoms with Crippen LogP contribution >= 0.6 is 0 Å². The standard InChI is InChI=1S/C18H24N6O/c1-13-12-14(2)21-18(20-13)22-17(19)24-10-8-23(9-11-24)15-6-4-5-7-16(15)25-3/h4-7,12H,8-11H2,1-3H3,(H2,19,20,21,22)/p+1. The number of ether oxygens (including phenoxy) is 1. The van der Waals surface area contributed by atoms with Gasteiger partial charge in [-0.1, -0.05) is 12.1 Å². The largest absolute Gasteiger partial charge is 0.495 e. The van der Waals surface area contributed by atoms with Crippen molar-refractivity contribution in [3.63, 3.8) is 0 Å². The second kappa shape index (κ2) is 7.38. The van der Waals surface area contributed by atoms with Gasteiger partial charge < -0.3 is 9.64 Å². The number of piperazine rings is 1. The van der Waals surface area contributed by atoms with Gasteiger partial charge in [-0.15, -0.1) is 0 Å². The molecule has 7 heteroatoms. The highest BCUT2D eigenvalue weighted by Crippen LogP contribution is 2.27. The molecule has 1 aromatic heterocycles. The third-order valence-electron chi connectivity index (χ3n) is 4.27. The van der Waals surface area contributed by atoms with Crippen LogP contribution < -0.4 is 20.7 Å². The number of nitrogens with two attached hydrogens (primary N) is 1. The number of aromatic nitrogens is 2. The van der Waals surface area contributed by atoms with Crippen molar-refractivity contribution >= 4 is 17.6 Å². The van der Waals surface area contributed by atoms with E-state index in [4.69, 9.17) is 10.5 Å². The van der Waals surface area contributed by atoms with Crippen LogP contribution in [0.2, 0.25) is 0 Å². The highest BCUT2D eigenvalue weighted by molar-refractivity contribution is 5.86. The monoisotopic (exact) mass is 341 g/mol. The molecule has 1 aromatic carbocycles. The number of benzene rings is 1. The zero-order chi connectivity index (χ0) is 17.8. The molecule has 1 saturated heterocycles. The third kappa shape index (κ3) is 3.99. The maximum absolute atomic E-state index is 6.23. The van der Waals surface area contributed by atoms with E-state index < -0.39 is 0 Å². The van der Waals surface area contributed by atoms with E-state index in [0.29, 0.717) is 11.9 Å². The number of anilines is 2. The zero-order valence-corrected chi connectivity index (χ0v) is 15.0. The number of para-hydroxylation sites is 2. The van der Waals surface area contributed by atoms with Crippen molar-refractivity contribution < 1.29 is 9.31 Å². The summed E-state index contributed by atoms with van der Waals surface area (Å²) < 4.78 is 7.58. The lowest BCUT2D eigenvalue weighted by molar-refractivity contribution is -0.530. The lowest BCUT2D eigenvalue weighted by atomic mass is 10.2. The van der Waals surface area contributed by atoms with E-state index in [1.54, 1.807) is 7.11 Å². The van der Waals surface area contributed by atoms with Crippen molar-refractivity contribution in [1.29, 1.82) is 0 Å². The smallest absolute Gasteiger partial charge is 0.351 e. The van der Waals surface area contributed by atoms with Gasteiger partial charge in [0.05, 0.1) is 25.9 Å². The number of methoxy groups -OCH3 is 1. The molecule has 0 spiro atoms. The molecule has 0 aliphatic carbocycles. The fourth-order valence-corrected chi connectivity index (χ4v) is 3.05. The summed E-state index contributed by atoms with van der Waals surface area (Å²) in [5.41, 5.74) is 9.19. The fraction of sp³-hybridized carbons (Fsp3) is 0.389. The quantitative estimate of drug-likeness (QED) is 0.648. The Morgan fingerprint density at radius 1 is 1.16 bits per heavy atom. The summed E-state index contributed by atoms with van der Waals surface area (Å²) in [6.07, 6.45) is 0. The van der Waals surface area contributed by atoms with Crippen LogP contribution in [0.1, 0.15) is 11.4 Å². The van der Waals surface area contributed by atoms with Gasteiger partial charge in [-0.05, 0) is 32.0 Å². The van der Waals surface area contributed by atoms with Crippen LogP contribution in [0.15, 0.2) is 30.3 Å². The molecule has 1 fully saturated rings. The normalized spacial score (nSPS) is 14.4. The average molecular weight is 341 g/mol. The Labute approximate surface area is 148 Å². The maximum atomic E-state index is 6.23. The van der Waals surface area contributed by atoms with Crippen LogP contribution in [-0.2, 0) is 0 Å². The van der Waals surface area contributed by atoms with E-state index in [0.717, 1.165) is 49.0 Å². The Hall–Kier alpha value is -2.83. The SMILES string of the molecule is COc1ccccc1N1CC[N+](=C(N)Nc2nc(C)cc(C)n2)CC1. The summed E-state index contributed by atoms with van der Waals surface area (Å²) in [4.78, 5) is 11.1. The molecule has 0 radical (unpaired) electrons. The number of rotatable bonds is 3. The summed E-state index contributed by atoms with van der Waals surface area (Å²) in [6, 6.07) is 10.0. The van der Waals surface area contributed by atoms with E-state index in [1.807, 2.05) is 38.1 Å². The molecule has 3 N–H and O–H groups in total. The molecular formula is C18H25N6O+. The molecule has 2 heterocycles. The maximum Gasteiger partial charge on any atom is 0.351 e. The first kappa shape index (κ1) is 17.0. The highest BCUT2D eigenvalue weighted by Gasteiger charge is 2.21. The van der Waals surface area contributed by atoms with E-state index in [2.05, 4.69) is 30.8 Å². The predicted octanol–water partition coefficient (Wildman–Crippen LogP) is 1.36. The third-order valence-corrected chi connectivity index (χ3v) is 4.27. The van der Waals surface area contributed by atoms with E-state index in [1.165, 1.54) is 0 Å². The van der Waals surface area contributed by atoms with Gasteiger partial charge in [0, 0.05) is 24.5 Å². The van der Waals surface area contributed by atoms with Crippen molar-refractivity contribution in [3.8, 4) is 5.75 Å². The van der Waals surface area contributed by atoms with E-state index in [9.17, 15) is 0 Å². The number of nitrogens with zero attached hydrogens (tertiary/aromatic N) is 4. The van der Waals surface area contributed by atoms with Crippen molar-refractivity contribution in [1.82, 2.24) is 9.97 Å². The van der Waals surface area contributed by atoms with Gasteiger partial charge in [0.15, 0.2) is 0 Å². The lowest BCUT2D eigenvalue weighted by Gasteiger charge is -2.31. The molecule has 1 aliphatic heterocycles. The number of aryl methyl sites for hydroxylation is 2. The van der Waals surface area contributed by atoms with Gasteiger partial charge in [0.1, 0.15) is 5.75 Å². The molecule has 0 amide bonds. The van der Waals surface area contributed by atoms with Crippen LogP contribution in [-0.4, -0.2) is 53.8 Å². The van der Waals surface area contributed by atoms with Crippen molar-refractivity contribution in [2.24, 2.45) is 5.73 Å². The zero-order valence-electron chi connectivity index (χ0n) is 15.0. The molecule has 2 aromatic rings. The summed E-state index contributed by atoms with van der Waals surface area (Å²) >= 11 is 0.